The molecular formula is C17H25ClO2. The van der Waals surface area contributed by atoms with E-state index in [0.29, 0.717) is 22.9 Å². The number of rotatable bonds is 11. The molecule has 0 bridgehead atoms. The van der Waals surface area contributed by atoms with Gasteiger partial charge in [-0.25, -0.2) is 0 Å². The highest BCUT2D eigenvalue weighted by atomic mass is 35.5. The molecule has 0 fully saturated rings. The van der Waals surface area contributed by atoms with Gasteiger partial charge in [0.15, 0.2) is 6.29 Å². The largest absolute Gasteiger partial charge is 0.491 e. The predicted molar refractivity (Wildman–Crippen MR) is 84.9 cm³/mol. The van der Waals surface area contributed by atoms with Crippen LogP contribution in [0.1, 0.15) is 68.6 Å². The Labute approximate surface area is 127 Å². The van der Waals surface area contributed by atoms with Crippen LogP contribution in [-0.2, 0) is 0 Å². The maximum atomic E-state index is 10.9. The van der Waals surface area contributed by atoms with E-state index in [1.807, 2.05) is 0 Å². The molecular weight excluding hydrogens is 272 g/mol. The lowest BCUT2D eigenvalue weighted by Gasteiger charge is -2.10. The smallest absolute Gasteiger partial charge is 0.153 e. The van der Waals surface area contributed by atoms with E-state index >= 15 is 0 Å². The van der Waals surface area contributed by atoms with E-state index in [9.17, 15) is 4.79 Å². The van der Waals surface area contributed by atoms with Crippen molar-refractivity contribution in [3.8, 4) is 5.75 Å². The van der Waals surface area contributed by atoms with Crippen molar-refractivity contribution in [3.63, 3.8) is 0 Å². The second kappa shape index (κ2) is 10.7. The summed E-state index contributed by atoms with van der Waals surface area (Å²) in [5, 5.41) is 0.508. The molecule has 0 aliphatic heterocycles. The van der Waals surface area contributed by atoms with Crippen molar-refractivity contribution >= 4 is 17.9 Å². The Kier molecular flexibility index (Phi) is 9.14. The van der Waals surface area contributed by atoms with E-state index < -0.39 is 0 Å². The minimum atomic E-state index is 0.508. The second-order valence-corrected chi connectivity index (χ2v) is 5.51. The van der Waals surface area contributed by atoms with Crippen LogP contribution in [-0.4, -0.2) is 12.9 Å². The summed E-state index contributed by atoms with van der Waals surface area (Å²) < 4.78 is 5.64. The van der Waals surface area contributed by atoms with E-state index in [0.717, 1.165) is 12.7 Å². The first kappa shape index (κ1) is 17.0. The number of carbonyl (C=O) groups is 1. The lowest BCUT2D eigenvalue weighted by molar-refractivity contribution is 0.111. The molecule has 0 saturated carbocycles. The van der Waals surface area contributed by atoms with Gasteiger partial charge in [0, 0.05) is 0 Å². The number of ether oxygens (including phenoxy) is 1. The molecule has 112 valence electrons. The predicted octanol–water partition coefficient (Wildman–Crippen LogP) is 5.67. The molecule has 1 rings (SSSR count). The Hall–Kier alpha value is -1.02. The fourth-order valence-corrected chi connectivity index (χ4v) is 2.42. The van der Waals surface area contributed by atoms with Crippen LogP contribution in [0.25, 0.3) is 0 Å². The highest BCUT2D eigenvalue weighted by Crippen LogP contribution is 2.27. The van der Waals surface area contributed by atoms with Gasteiger partial charge in [0.25, 0.3) is 0 Å². The third kappa shape index (κ3) is 6.42. The molecule has 2 nitrogen and oxygen atoms in total. The summed E-state index contributed by atoms with van der Waals surface area (Å²) in [5.74, 6) is 0.520. The Morgan fingerprint density at radius 1 is 1.05 bits per heavy atom. The van der Waals surface area contributed by atoms with Gasteiger partial charge in [-0.1, -0.05) is 69.5 Å². The molecule has 0 amide bonds. The number of benzene rings is 1. The second-order valence-electron chi connectivity index (χ2n) is 5.10. The summed E-state index contributed by atoms with van der Waals surface area (Å²) in [6, 6.07) is 5.23. The number of para-hydroxylation sites is 1. The third-order valence-electron chi connectivity index (χ3n) is 3.37. The fraction of sp³-hybridized carbons (Fsp3) is 0.588. The molecule has 0 atom stereocenters. The molecule has 0 aromatic heterocycles. The molecule has 0 aliphatic rings. The van der Waals surface area contributed by atoms with Crippen LogP contribution in [0.2, 0.25) is 5.02 Å². The van der Waals surface area contributed by atoms with Crippen molar-refractivity contribution in [1.82, 2.24) is 0 Å². The van der Waals surface area contributed by atoms with Crippen LogP contribution in [0, 0.1) is 0 Å². The molecule has 20 heavy (non-hydrogen) atoms. The van der Waals surface area contributed by atoms with E-state index in [-0.39, 0.29) is 0 Å². The van der Waals surface area contributed by atoms with Crippen molar-refractivity contribution < 1.29 is 9.53 Å². The van der Waals surface area contributed by atoms with Crippen molar-refractivity contribution in [3.05, 3.63) is 28.8 Å². The summed E-state index contributed by atoms with van der Waals surface area (Å²) >= 11 is 6.04. The fourth-order valence-electron chi connectivity index (χ4n) is 2.18. The number of unbranched alkanes of at least 4 members (excludes halogenated alkanes) is 7. The van der Waals surface area contributed by atoms with E-state index in [2.05, 4.69) is 6.92 Å². The van der Waals surface area contributed by atoms with Crippen LogP contribution in [0.5, 0.6) is 5.75 Å². The minimum Gasteiger partial charge on any atom is -0.491 e. The number of carbonyl (C=O) groups excluding carboxylic acids is 1. The van der Waals surface area contributed by atoms with Gasteiger partial charge >= 0.3 is 0 Å². The maximum absolute atomic E-state index is 10.9. The first-order valence-electron chi connectivity index (χ1n) is 7.66. The topological polar surface area (TPSA) is 26.3 Å². The summed E-state index contributed by atoms with van der Waals surface area (Å²) in [6.45, 7) is 2.86. The van der Waals surface area contributed by atoms with Gasteiger partial charge in [0.1, 0.15) is 5.75 Å². The first-order valence-corrected chi connectivity index (χ1v) is 8.04. The molecule has 0 unspecified atom stereocenters. The first-order chi connectivity index (χ1) is 9.79. The summed E-state index contributed by atoms with van der Waals surface area (Å²) in [6.07, 6.45) is 10.9. The normalized spacial score (nSPS) is 10.5. The van der Waals surface area contributed by atoms with Gasteiger partial charge in [-0.15, -0.1) is 0 Å². The van der Waals surface area contributed by atoms with E-state index in [4.69, 9.17) is 16.3 Å². The highest BCUT2D eigenvalue weighted by Gasteiger charge is 2.07. The quantitative estimate of drug-likeness (QED) is 0.388. The Bertz CT molecular complexity index is 391. The zero-order chi connectivity index (χ0) is 14.6. The number of aldehydes is 1. The van der Waals surface area contributed by atoms with Crippen LogP contribution >= 0.6 is 11.6 Å². The Morgan fingerprint density at radius 3 is 2.35 bits per heavy atom. The molecule has 0 aliphatic carbocycles. The molecule has 0 saturated heterocycles. The van der Waals surface area contributed by atoms with Gasteiger partial charge in [-0.05, 0) is 18.6 Å². The van der Waals surface area contributed by atoms with Crippen molar-refractivity contribution in [2.45, 2.75) is 58.3 Å². The van der Waals surface area contributed by atoms with Gasteiger partial charge in [0.2, 0.25) is 0 Å². The van der Waals surface area contributed by atoms with Gasteiger partial charge in [-0.3, -0.25) is 4.79 Å². The lowest BCUT2D eigenvalue weighted by Crippen LogP contribution is -2.00. The number of halogens is 1. The Balaban J connectivity index is 2.14. The van der Waals surface area contributed by atoms with Gasteiger partial charge < -0.3 is 4.74 Å². The van der Waals surface area contributed by atoms with Crippen LogP contribution in [0.4, 0.5) is 0 Å². The van der Waals surface area contributed by atoms with E-state index in [1.54, 1.807) is 18.2 Å². The van der Waals surface area contributed by atoms with Crippen molar-refractivity contribution in [2.24, 2.45) is 0 Å². The zero-order valence-electron chi connectivity index (χ0n) is 12.4. The lowest BCUT2D eigenvalue weighted by atomic mass is 10.1. The summed E-state index contributed by atoms with van der Waals surface area (Å²) in [4.78, 5) is 10.9. The number of hydrogen-bond donors (Lipinski definition) is 0. The van der Waals surface area contributed by atoms with Crippen LogP contribution in [0.15, 0.2) is 18.2 Å². The van der Waals surface area contributed by atoms with Crippen LogP contribution < -0.4 is 4.74 Å². The van der Waals surface area contributed by atoms with Crippen molar-refractivity contribution in [2.75, 3.05) is 6.61 Å². The molecule has 0 heterocycles. The average molecular weight is 297 g/mol. The zero-order valence-corrected chi connectivity index (χ0v) is 13.1. The molecule has 0 N–H and O–H groups in total. The average Bonchev–Trinajstić information content (AvgIpc) is 2.46. The van der Waals surface area contributed by atoms with Crippen molar-refractivity contribution in [1.29, 1.82) is 0 Å². The molecule has 3 heteroatoms. The van der Waals surface area contributed by atoms with E-state index in [1.165, 1.54) is 44.9 Å². The molecule has 0 radical (unpaired) electrons. The van der Waals surface area contributed by atoms with Crippen LogP contribution in [0.3, 0.4) is 0 Å². The van der Waals surface area contributed by atoms with Gasteiger partial charge in [0.05, 0.1) is 17.2 Å². The summed E-state index contributed by atoms with van der Waals surface area (Å²) in [7, 11) is 0. The van der Waals surface area contributed by atoms with Gasteiger partial charge in [-0.2, -0.15) is 0 Å². The maximum Gasteiger partial charge on any atom is 0.153 e. The Morgan fingerprint density at radius 2 is 1.70 bits per heavy atom. The SMILES string of the molecule is CCCCCCCCCCOc1c(Cl)cccc1C=O. The summed E-state index contributed by atoms with van der Waals surface area (Å²) in [5.41, 5.74) is 0.525. The standard InChI is InChI=1S/C17H25ClO2/c1-2-3-4-5-6-7-8-9-13-20-17-15(14-19)11-10-12-16(17)18/h10-12,14H,2-9,13H2,1H3. The monoisotopic (exact) mass is 296 g/mol. The molecule has 1 aromatic rings. The number of hydrogen-bond acceptors (Lipinski definition) is 2. The highest BCUT2D eigenvalue weighted by molar-refractivity contribution is 6.32. The minimum absolute atomic E-state index is 0.508. The molecule has 0 spiro atoms. The third-order valence-corrected chi connectivity index (χ3v) is 3.67. The molecule has 1 aromatic carbocycles.